The largest absolute Gasteiger partial charge is 0.507 e. The molecule has 2 aromatic carbocycles. The van der Waals surface area contributed by atoms with E-state index in [0.717, 1.165) is 12.0 Å². The summed E-state index contributed by atoms with van der Waals surface area (Å²) in [6.45, 7) is 4.48. The molecular weight excluding hydrogens is 432 g/mol. The number of Topliss-reactive ketones (excluding diaryl/α,β-unsaturated/α-hetero) is 1. The number of carbonyl (C=O) groups excluding carboxylic acids is 2. The zero-order chi connectivity index (χ0) is 24.2. The molecule has 1 N–H and O–H groups in total. The van der Waals surface area contributed by atoms with Crippen molar-refractivity contribution >= 4 is 23.3 Å². The second-order valence-electron chi connectivity index (χ2n) is 7.96. The van der Waals surface area contributed by atoms with E-state index in [4.69, 9.17) is 9.47 Å². The van der Waals surface area contributed by atoms with Crippen molar-refractivity contribution in [3.05, 3.63) is 89.1 Å². The Morgan fingerprint density at radius 3 is 2.47 bits per heavy atom. The first-order valence-corrected chi connectivity index (χ1v) is 11.1. The van der Waals surface area contributed by atoms with Crippen LogP contribution in [0.15, 0.2) is 72.4 Å². The number of benzene rings is 2. The van der Waals surface area contributed by atoms with Crippen LogP contribution in [0.25, 0.3) is 5.76 Å². The van der Waals surface area contributed by atoms with Crippen molar-refractivity contribution in [1.29, 1.82) is 0 Å². The van der Waals surface area contributed by atoms with Gasteiger partial charge in [-0.15, -0.1) is 0 Å². The zero-order valence-corrected chi connectivity index (χ0v) is 19.3. The van der Waals surface area contributed by atoms with Crippen LogP contribution in [-0.2, 0) is 9.59 Å². The molecule has 34 heavy (non-hydrogen) atoms. The number of methoxy groups -OCH3 is 1. The quantitative estimate of drug-likeness (QED) is 0.310. The Bertz CT molecular complexity index is 1240. The number of rotatable bonds is 7. The van der Waals surface area contributed by atoms with E-state index in [2.05, 4.69) is 4.98 Å². The lowest BCUT2D eigenvalue weighted by molar-refractivity contribution is -0.132. The molecule has 7 heteroatoms. The number of aromatic nitrogens is 1. The van der Waals surface area contributed by atoms with E-state index in [1.165, 1.54) is 4.90 Å². The number of pyridine rings is 1. The third kappa shape index (κ3) is 4.24. The van der Waals surface area contributed by atoms with E-state index in [0.29, 0.717) is 35.1 Å². The summed E-state index contributed by atoms with van der Waals surface area (Å²) < 4.78 is 11.0. The maximum atomic E-state index is 13.2. The number of hydrogen-bond acceptors (Lipinski definition) is 6. The topological polar surface area (TPSA) is 89.0 Å². The number of ketones is 1. The molecule has 0 bridgehead atoms. The van der Waals surface area contributed by atoms with Crippen molar-refractivity contribution in [2.24, 2.45) is 0 Å². The highest BCUT2D eigenvalue weighted by Gasteiger charge is 2.47. The van der Waals surface area contributed by atoms with Gasteiger partial charge in [-0.1, -0.05) is 25.1 Å². The van der Waals surface area contributed by atoms with E-state index in [1.807, 2.05) is 13.8 Å². The van der Waals surface area contributed by atoms with Gasteiger partial charge in [-0.3, -0.25) is 14.5 Å². The number of aliphatic hydroxyl groups is 1. The molecular formula is C27H26N2O5. The second-order valence-corrected chi connectivity index (χ2v) is 7.96. The Morgan fingerprint density at radius 1 is 1.09 bits per heavy atom. The molecule has 7 nitrogen and oxygen atoms in total. The molecule has 0 saturated carbocycles. The summed E-state index contributed by atoms with van der Waals surface area (Å²) in [4.78, 5) is 32.0. The number of nitrogens with zero attached hydrogens (tertiary/aromatic N) is 2. The van der Waals surface area contributed by atoms with Gasteiger partial charge in [0, 0.05) is 11.8 Å². The Labute approximate surface area is 198 Å². The molecule has 1 aromatic heterocycles. The summed E-state index contributed by atoms with van der Waals surface area (Å²) in [6.07, 6.45) is 2.43. The van der Waals surface area contributed by atoms with E-state index in [1.54, 1.807) is 74.0 Å². The maximum absolute atomic E-state index is 13.2. The van der Waals surface area contributed by atoms with Crippen molar-refractivity contribution in [3.63, 3.8) is 0 Å². The normalized spacial score (nSPS) is 17.1. The first kappa shape index (κ1) is 23.0. The summed E-state index contributed by atoms with van der Waals surface area (Å²) in [5.74, 6) is -0.101. The fourth-order valence-corrected chi connectivity index (χ4v) is 3.99. The van der Waals surface area contributed by atoms with Crippen LogP contribution in [-0.4, -0.2) is 35.5 Å². The first-order valence-electron chi connectivity index (χ1n) is 11.1. The van der Waals surface area contributed by atoms with Crippen LogP contribution >= 0.6 is 0 Å². The monoisotopic (exact) mass is 458 g/mol. The number of aryl methyl sites for hydroxylation is 1. The van der Waals surface area contributed by atoms with Gasteiger partial charge < -0.3 is 14.6 Å². The van der Waals surface area contributed by atoms with Crippen molar-refractivity contribution in [2.45, 2.75) is 26.3 Å². The molecule has 1 aliphatic rings. The predicted octanol–water partition coefficient (Wildman–Crippen LogP) is 4.81. The van der Waals surface area contributed by atoms with Crippen LogP contribution in [0.4, 0.5) is 5.82 Å². The lowest BCUT2D eigenvalue weighted by atomic mass is 9.94. The maximum Gasteiger partial charge on any atom is 0.301 e. The van der Waals surface area contributed by atoms with E-state index in [9.17, 15) is 14.7 Å². The summed E-state index contributed by atoms with van der Waals surface area (Å²) in [7, 11) is 1.56. The SMILES string of the molecule is CCCOc1ccc(C(O)=C2C(=O)C(=O)N(c3ccccn3)[C@H]2c2ccc(OC)cc2)cc1C. The molecule has 0 aliphatic carbocycles. The van der Waals surface area contributed by atoms with E-state index >= 15 is 0 Å². The minimum atomic E-state index is -0.850. The van der Waals surface area contributed by atoms with Gasteiger partial charge >= 0.3 is 5.91 Å². The van der Waals surface area contributed by atoms with Crippen LogP contribution in [0.3, 0.4) is 0 Å². The van der Waals surface area contributed by atoms with Crippen molar-refractivity contribution < 1.29 is 24.2 Å². The van der Waals surface area contributed by atoms with Gasteiger partial charge in [-0.05, 0) is 66.9 Å². The predicted molar refractivity (Wildman–Crippen MR) is 129 cm³/mol. The molecule has 1 atom stereocenters. The second kappa shape index (κ2) is 9.79. The third-order valence-electron chi connectivity index (χ3n) is 5.68. The number of amides is 1. The lowest BCUT2D eigenvalue weighted by Gasteiger charge is -2.24. The van der Waals surface area contributed by atoms with E-state index < -0.39 is 17.7 Å². The highest BCUT2D eigenvalue weighted by Crippen LogP contribution is 2.42. The molecule has 1 fully saturated rings. The molecule has 0 spiro atoms. The average molecular weight is 459 g/mol. The van der Waals surface area contributed by atoms with Gasteiger partial charge in [-0.25, -0.2) is 4.98 Å². The zero-order valence-electron chi connectivity index (χ0n) is 19.3. The summed E-state index contributed by atoms with van der Waals surface area (Å²) in [6, 6.07) is 16.5. The van der Waals surface area contributed by atoms with Gasteiger partial charge in [0.15, 0.2) is 0 Å². The summed E-state index contributed by atoms with van der Waals surface area (Å²) in [5, 5.41) is 11.3. The third-order valence-corrected chi connectivity index (χ3v) is 5.68. The van der Waals surface area contributed by atoms with Crippen LogP contribution in [0.1, 0.15) is 36.1 Å². The fraction of sp³-hybridized carbons (Fsp3) is 0.222. The molecule has 2 heterocycles. The molecule has 3 aromatic rings. The molecule has 1 amide bonds. The van der Waals surface area contributed by atoms with Gasteiger partial charge in [0.05, 0.1) is 25.3 Å². The first-order chi connectivity index (χ1) is 16.5. The van der Waals surface area contributed by atoms with Crippen molar-refractivity contribution in [2.75, 3.05) is 18.6 Å². The number of anilines is 1. The number of aliphatic hydroxyl groups excluding tert-OH is 1. The Hall–Kier alpha value is -4.13. The Kier molecular flexibility index (Phi) is 6.63. The number of carbonyl (C=O) groups is 2. The van der Waals surface area contributed by atoms with Crippen molar-refractivity contribution in [3.8, 4) is 11.5 Å². The van der Waals surface area contributed by atoms with Crippen LogP contribution in [0, 0.1) is 6.92 Å². The summed E-state index contributed by atoms with van der Waals surface area (Å²) in [5.41, 5.74) is 1.89. The molecule has 0 radical (unpaired) electrons. The van der Waals surface area contributed by atoms with Gasteiger partial charge in [-0.2, -0.15) is 0 Å². The van der Waals surface area contributed by atoms with Crippen LogP contribution < -0.4 is 14.4 Å². The van der Waals surface area contributed by atoms with Crippen molar-refractivity contribution in [1.82, 2.24) is 4.98 Å². The number of hydrogen-bond donors (Lipinski definition) is 1. The standard InChI is InChI=1S/C27H26N2O5/c1-4-15-34-21-13-10-19(16-17(21)2)25(30)23-24(18-8-11-20(33-3)12-9-18)29(27(32)26(23)31)22-7-5-6-14-28-22/h5-14,16,24,30H,4,15H2,1-3H3/t24-/m0/s1. The smallest absolute Gasteiger partial charge is 0.301 e. The highest BCUT2D eigenvalue weighted by molar-refractivity contribution is 6.51. The fourth-order valence-electron chi connectivity index (χ4n) is 3.99. The highest BCUT2D eigenvalue weighted by atomic mass is 16.5. The summed E-state index contributed by atoms with van der Waals surface area (Å²) >= 11 is 0. The van der Waals surface area contributed by atoms with Gasteiger partial charge in [0.25, 0.3) is 5.78 Å². The Balaban J connectivity index is 1.86. The van der Waals surface area contributed by atoms with E-state index in [-0.39, 0.29) is 11.3 Å². The average Bonchev–Trinajstić information content (AvgIpc) is 3.13. The minimum absolute atomic E-state index is 0.00227. The van der Waals surface area contributed by atoms with Crippen LogP contribution in [0.2, 0.25) is 0 Å². The molecule has 1 aliphatic heterocycles. The molecule has 0 unspecified atom stereocenters. The molecule has 4 rings (SSSR count). The Morgan fingerprint density at radius 2 is 1.85 bits per heavy atom. The lowest BCUT2D eigenvalue weighted by Crippen LogP contribution is -2.30. The van der Waals surface area contributed by atoms with Gasteiger partial charge in [0.1, 0.15) is 23.1 Å². The molecule has 1 saturated heterocycles. The van der Waals surface area contributed by atoms with Crippen LogP contribution in [0.5, 0.6) is 11.5 Å². The minimum Gasteiger partial charge on any atom is -0.507 e. The number of ether oxygens (including phenoxy) is 2. The van der Waals surface area contributed by atoms with Gasteiger partial charge in [0.2, 0.25) is 0 Å². The molecule has 174 valence electrons.